The fourth-order valence-corrected chi connectivity index (χ4v) is 4.56. The predicted octanol–water partition coefficient (Wildman–Crippen LogP) is 3.92. The van der Waals surface area contributed by atoms with Crippen LogP contribution in [-0.2, 0) is 0 Å². The first-order valence-corrected chi connectivity index (χ1v) is 11.1. The van der Waals surface area contributed by atoms with Gasteiger partial charge < -0.3 is 25.5 Å². The van der Waals surface area contributed by atoms with Crippen LogP contribution >= 0.6 is 0 Å². The zero-order chi connectivity index (χ0) is 24.9. The van der Waals surface area contributed by atoms with Crippen LogP contribution in [-0.4, -0.2) is 52.4 Å². The lowest BCUT2D eigenvalue weighted by atomic mass is 9.96. The Hall–Kier alpha value is -3.63. The second kappa shape index (κ2) is 8.86. The monoisotopic (exact) mass is 483 g/mol. The average molecular weight is 483 g/mol. The van der Waals surface area contributed by atoms with Crippen LogP contribution in [0.1, 0.15) is 12.1 Å². The van der Waals surface area contributed by atoms with Crippen molar-refractivity contribution in [1.82, 2.24) is 15.0 Å². The van der Waals surface area contributed by atoms with Crippen molar-refractivity contribution in [3.63, 3.8) is 0 Å². The van der Waals surface area contributed by atoms with Crippen molar-refractivity contribution in [3.8, 4) is 28.3 Å². The molecule has 3 heterocycles. The summed E-state index contributed by atoms with van der Waals surface area (Å²) >= 11 is 0. The van der Waals surface area contributed by atoms with E-state index in [4.69, 9.17) is 10.5 Å². The number of anilines is 1. The lowest BCUT2D eigenvalue weighted by molar-refractivity contribution is 0.132. The summed E-state index contributed by atoms with van der Waals surface area (Å²) in [5.74, 6) is -1.53. The number of aromatic nitrogens is 3. The molecular weight excluding hydrogens is 459 g/mol. The van der Waals surface area contributed by atoms with Crippen LogP contribution in [0, 0.1) is 24.4 Å². The van der Waals surface area contributed by atoms with Crippen LogP contribution in [0.2, 0.25) is 0 Å². The number of nitrogens with two attached hydrogens (primary N) is 1. The van der Waals surface area contributed by atoms with Gasteiger partial charge >= 0.3 is 0 Å². The molecule has 35 heavy (non-hydrogen) atoms. The number of ether oxygens (including phenoxy) is 1. The number of methoxy groups -OCH3 is 1. The summed E-state index contributed by atoms with van der Waals surface area (Å²) < 4.78 is 47.7. The highest BCUT2D eigenvalue weighted by Crippen LogP contribution is 2.42. The topological polar surface area (TPSA) is 100 Å². The summed E-state index contributed by atoms with van der Waals surface area (Å²) in [7, 11) is 1.37. The molecule has 2 aromatic carbocycles. The number of imidazole rings is 1. The Morgan fingerprint density at radius 1 is 1.14 bits per heavy atom. The number of halogens is 3. The Kier molecular flexibility index (Phi) is 5.86. The normalized spacial score (nSPS) is 18.3. The fourth-order valence-electron chi connectivity index (χ4n) is 4.56. The van der Waals surface area contributed by atoms with Crippen LogP contribution in [0.15, 0.2) is 36.5 Å². The molecule has 182 valence electrons. The standard InChI is InChI=1S/C25H24F3N5O2/c1-12-23(25-31-19-8-17(28)22(35-2)9-20(19)32-25)24(33-4-3-18(29)21(34)11-33)16(10-30-12)13-5-14(26)7-15(27)6-13/h5-10,18,21,34H,3-4,11,29H2,1-2H3,(H,31,32)/t18-,21+/m1/s1. The molecular formula is C25H24F3N5O2. The van der Waals surface area contributed by atoms with Gasteiger partial charge in [-0.3, -0.25) is 4.98 Å². The van der Waals surface area contributed by atoms with E-state index in [0.717, 1.165) is 6.07 Å². The number of hydrogen-bond donors (Lipinski definition) is 3. The maximum absolute atomic E-state index is 14.3. The molecule has 1 fully saturated rings. The first kappa shape index (κ1) is 23.1. The number of rotatable bonds is 4. The van der Waals surface area contributed by atoms with Gasteiger partial charge in [-0.05, 0) is 31.0 Å². The number of pyridine rings is 1. The quantitative estimate of drug-likeness (QED) is 0.407. The highest BCUT2D eigenvalue weighted by Gasteiger charge is 2.30. The molecule has 0 saturated carbocycles. The van der Waals surface area contributed by atoms with E-state index < -0.39 is 23.6 Å². The molecule has 1 aliphatic heterocycles. The number of piperidine rings is 1. The molecule has 0 aliphatic carbocycles. The van der Waals surface area contributed by atoms with Crippen molar-refractivity contribution in [2.45, 2.75) is 25.5 Å². The number of aliphatic hydroxyl groups excluding tert-OH is 1. The number of benzene rings is 2. The molecule has 0 amide bonds. The SMILES string of the molecule is COc1cc2nc(-c3c(C)ncc(-c4cc(F)cc(F)c4)c3N3CC[C@@H](N)[C@@H](O)C3)[nH]c2cc1F. The molecule has 7 nitrogen and oxygen atoms in total. The summed E-state index contributed by atoms with van der Waals surface area (Å²) in [5, 5.41) is 10.5. The van der Waals surface area contributed by atoms with Gasteiger partial charge in [-0.15, -0.1) is 0 Å². The van der Waals surface area contributed by atoms with Gasteiger partial charge in [-0.2, -0.15) is 0 Å². The average Bonchev–Trinajstić information content (AvgIpc) is 3.21. The van der Waals surface area contributed by atoms with Gasteiger partial charge in [0.05, 0.1) is 41.2 Å². The van der Waals surface area contributed by atoms with E-state index in [1.807, 2.05) is 4.90 Å². The van der Waals surface area contributed by atoms with Gasteiger partial charge in [0.15, 0.2) is 11.6 Å². The summed E-state index contributed by atoms with van der Waals surface area (Å²) in [4.78, 5) is 14.2. The highest BCUT2D eigenvalue weighted by molar-refractivity contribution is 5.92. The van der Waals surface area contributed by atoms with Gasteiger partial charge in [-0.1, -0.05) is 0 Å². The number of aromatic amines is 1. The van der Waals surface area contributed by atoms with Crippen molar-refractivity contribution < 1.29 is 23.0 Å². The predicted molar refractivity (Wildman–Crippen MR) is 127 cm³/mol. The maximum atomic E-state index is 14.3. The Balaban J connectivity index is 1.76. The van der Waals surface area contributed by atoms with Crippen molar-refractivity contribution in [2.24, 2.45) is 5.73 Å². The number of aryl methyl sites for hydroxylation is 1. The van der Waals surface area contributed by atoms with Crippen LogP contribution < -0.4 is 15.4 Å². The van der Waals surface area contributed by atoms with Crippen molar-refractivity contribution in [3.05, 3.63) is 59.7 Å². The minimum absolute atomic E-state index is 0.0581. The molecule has 2 aromatic heterocycles. The van der Waals surface area contributed by atoms with E-state index in [1.54, 1.807) is 13.1 Å². The zero-order valence-corrected chi connectivity index (χ0v) is 19.1. The lowest BCUT2D eigenvalue weighted by Gasteiger charge is -2.37. The number of H-pyrrole nitrogens is 1. The van der Waals surface area contributed by atoms with Gasteiger partial charge in [0.25, 0.3) is 0 Å². The smallest absolute Gasteiger partial charge is 0.167 e. The molecule has 2 atom stereocenters. The van der Waals surface area contributed by atoms with E-state index in [2.05, 4.69) is 15.0 Å². The molecule has 4 N–H and O–H groups in total. The van der Waals surface area contributed by atoms with E-state index in [9.17, 15) is 18.3 Å². The Bertz CT molecular complexity index is 1400. The molecule has 0 bridgehead atoms. The minimum atomic E-state index is -0.795. The van der Waals surface area contributed by atoms with E-state index >= 15 is 0 Å². The molecule has 0 spiro atoms. The molecule has 1 aliphatic rings. The van der Waals surface area contributed by atoms with Crippen LogP contribution in [0.25, 0.3) is 33.5 Å². The second-order valence-electron chi connectivity index (χ2n) is 8.69. The number of nitrogens with one attached hydrogen (secondary N) is 1. The third-order valence-electron chi connectivity index (χ3n) is 6.36. The summed E-state index contributed by atoms with van der Waals surface area (Å²) in [6, 6.07) is 5.66. The summed E-state index contributed by atoms with van der Waals surface area (Å²) in [5.41, 5.74) is 9.48. The van der Waals surface area contributed by atoms with Crippen molar-refractivity contribution in [2.75, 3.05) is 25.1 Å². The van der Waals surface area contributed by atoms with Crippen molar-refractivity contribution in [1.29, 1.82) is 0 Å². The lowest BCUT2D eigenvalue weighted by Crippen LogP contribution is -2.51. The van der Waals surface area contributed by atoms with Gasteiger partial charge in [0, 0.05) is 49.1 Å². The number of aliphatic hydroxyl groups is 1. The van der Waals surface area contributed by atoms with Crippen molar-refractivity contribution >= 4 is 16.7 Å². The largest absolute Gasteiger partial charge is 0.494 e. The number of fused-ring (bicyclic) bond motifs is 1. The summed E-state index contributed by atoms with van der Waals surface area (Å²) in [6.45, 7) is 2.50. The highest BCUT2D eigenvalue weighted by atomic mass is 19.1. The number of hydrogen-bond acceptors (Lipinski definition) is 6. The van der Waals surface area contributed by atoms with Gasteiger partial charge in [0.1, 0.15) is 17.5 Å². The Labute approximate surface area is 199 Å². The Morgan fingerprint density at radius 3 is 2.57 bits per heavy atom. The number of nitrogens with zero attached hydrogens (tertiary/aromatic N) is 3. The summed E-state index contributed by atoms with van der Waals surface area (Å²) in [6.07, 6.45) is 1.27. The third-order valence-corrected chi connectivity index (χ3v) is 6.36. The molecule has 0 unspecified atom stereocenters. The zero-order valence-electron chi connectivity index (χ0n) is 19.1. The second-order valence-corrected chi connectivity index (χ2v) is 8.69. The third kappa shape index (κ3) is 4.19. The van der Waals surface area contributed by atoms with Gasteiger partial charge in [0.2, 0.25) is 0 Å². The molecule has 4 aromatic rings. The van der Waals surface area contributed by atoms with E-state index in [0.29, 0.717) is 57.9 Å². The first-order valence-electron chi connectivity index (χ1n) is 11.1. The molecule has 1 saturated heterocycles. The minimum Gasteiger partial charge on any atom is -0.494 e. The first-order chi connectivity index (χ1) is 16.7. The molecule has 10 heteroatoms. The molecule has 0 radical (unpaired) electrons. The van der Waals surface area contributed by atoms with Crippen LogP contribution in [0.5, 0.6) is 5.75 Å². The number of β-amino-alcohol motifs (C(OH)–C–C–N with tert-alkyl or cyclic N) is 1. The molecule has 5 rings (SSSR count). The maximum Gasteiger partial charge on any atom is 0.167 e. The van der Waals surface area contributed by atoms with E-state index in [1.165, 1.54) is 31.4 Å². The van der Waals surface area contributed by atoms with Crippen LogP contribution in [0.3, 0.4) is 0 Å². The van der Waals surface area contributed by atoms with E-state index in [-0.39, 0.29) is 18.3 Å². The Morgan fingerprint density at radius 2 is 1.89 bits per heavy atom. The van der Waals surface area contributed by atoms with Gasteiger partial charge in [-0.25, -0.2) is 18.2 Å². The van der Waals surface area contributed by atoms with Crippen LogP contribution in [0.4, 0.5) is 18.9 Å². The fraction of sp³-hybridized carbons (Fsp3) is 0.280.